The Morgan fingerprint density at radius 2 is 1.07 bits per heavy atom. The second kappa shape index (κ2) is 17.3. The van der Waals surface area contributed by atoms with Crippen LogP contribution < -0.4 is 0 Å². The third-order valence-electron chi connectivity index (χ3n) is 6.26. The third-order valence-corrected chi connectivity index (χ3v) is 6.45. The predicted octanol–water partition coefficient (Wildman–Crippen LogP) is 4.15. The average molecular weight is 665 g/mol. The van der Waals surface area contributed by atoms with E-state index in [1.807, 2.05) is 0 Å². The van der Waals surface area contributed by atoms with Gasteiger partial charge in [-0.2, -0.15) is 12.6 Å². The van der Waals surface area contributed by atoms with Crippen molar-refractivity contribution in [3.8, 4) is 0 Å². The molecule has 0 unspecified atom stereocenters. The van der Waals surface area contributed by atoms with Crippen LogP contribution in [0.1, 0.15) is 83.1 Å². The highest BCUT2D eigenvalue weighted by Gasteiger charge is 2.56. The topological polar surface area (TPSA) is 142 Å². The van der Waals surface area contributed by atoms with Crippen LogP contribution in [0.3, 0.4) is 0 Å². The summed E-state index contributed by atoms with van der Waals surface area (Å²) in [6, 6.07) is 0. The number of carbonyl (C=O) groups is 4. The van der Waals surface area contributed by atoms with Crippen molar-refractivity contribution in [2.24, 2.45) is 21.7 Å². The molecule has 0 aliphatic carbocycles. The molecule has 12 nitrogen and oxygen atoms in total. The largest absolute Gasteiger partial charge is 0.461 e. The molecule has 0 N–H and O–H groups in total. The first-order chi connectivity index (χ1) is 20.5. The minimum Gasteiger partial charge on any atom is -0.461 e. The number of carbonyl (C=O) groups excluding carboxylic acids is 4. The first-order valence-corrected chi connectivity index (χ1v) is 16.0. The molecule has 1 aliphatic heterocycles. The molecule has 5 atom stereocenters. The van der Waals surface area contributed by atoms with Crippen LogP contribution in [0.5, 0.6) is 0 Å². The Morgan fingerprint density at radius 1 is 0.622 bits per heavy atom. The molecule has 1 aliphatic rings. The first kappa shape index (κ1) is 41.1. The number of rotatable bonds is 15. The normalized spacial score (nSPS) is 21.6. The van der Waals surface area contributed by atoms with E-state index >= 15 is 0 Å². The molecule has 0 aromatic carbocycles. The van der Waals surface area contributed by atoms with E-state index in [9.17, 15) is 19.2 Å². The lowest BCUT2D eigenvalue weighted by Gasteiger charge is -2.32. The molecule has 0 aromatic rings. The van der Waals surface area contributed by atoms with Gasteiger partial charge in [0.1, 0.15) is 12.7 Å². The molecule has 45 heavy (non-hydrogen) atoms. The molecule has 0 bridgehead atoms. The van der Waals surface area contributed by atoms with Crippen molar-refractivity contribution in [2.75, 3.05) is 45.4 Å². The van der Waals surface area contributed by atoms with Crippen molar-refractivity contribution in [2.45, 2.75) is 114 Å². The van der Waals surface area contributed by atoms with Crippen molar-refractivity contribution >= 4 is 36.5 Å². The van der Waals surface area contributed by atoms with Crippen molar-refractivity contribution in [3.63, 3.8) is 0 Å². The summed E-state index contributed by atoms with van der Waals surface area (Å²) in [5.74, 6) is -1.76. The molecule has 0 radical (unpaired) electrons. The lowest BCUT2D eigenvalue weighted by Crippen LogP contribution is -2.50. The van der Waals surface area contributed by atoms with Gasteiger partial charge in [-0.15, -0.1) is 0 Å². The Labute approximate surface area is 274 Å². The Balaban J connectivity index is 3.46. The Hall–Kier alpha value is -1.93. The minimum atomic E-state index is -1.28. The number of esters is 4. The van der Waals surface area contributed by atoms with Gasteiger partial charge < -0.3 is 37.9 Å². The number of hydrogen-bond acceptors (Lipinski definition) is 13. The summed E-state index contributed by atoms with van der Waals surface area (Å²) in [4.78, 5) is 52.2. The predicted molar refractivity (Wildman–Crippen MR) is 169 cm³/mol. The maximum absolute atomic E-state index is 13.2. The van der Waals surface area contributed by atoms with Crippen LogP contribution in [-0.2, 0) is 57.1 Å². The first-order valence-electron chi connectivity index (χ1n) is 15.3. The van der Waals surface area contributed by atoms with Crippen LogP contribution in [0.2, 0.25) is 0 Å². The monoisotopic (exact) mass is 664 g/mol. The maximum atomic E-state index is 13.2. The lowest BCUT2D eigenvalue weighted by atomic mass is 9.95. The third kappa shape index (κ3) is 14.2. The zero-order chi connectivity index (χ0) is 34.8. The fraction of sp³-hybridized carbons (Fsp3) is 0.875. The molecule has 13 heteroatoms. The standard InChI is InChI=1S/C32H56O12S/c1-29(2,3)25(33)40-19-20(41-26(34)30(4,5)6)21-22(43-27(35)31(7,8)9)23(44-28(36)32(10,11)12)24(42-21)39-16-15-37-13-14-38-17-18-45/h20-24,45H,13-19H2,1-12H3/t20-,21+,22+,23-,24-/m1/s1. The Morgan fingerprint density at radius 3 is 1.53 bits per heavy atom. The van der Waals surface area contributed by atoms with E-state index in [0.717, 1.165) is 0 Å². The van der Waals surface area contributed by atoms with Gasteiger partial charge in [0.05, 0.1) is 54.7 Å². The van der Waals surface area contributed by atoms with Gasteiger partial charge in [-0.05, 0) is 83.1 Å². The van der Waals surface area contributed by atoms with Gasteiger partial charge >= 0.3 is 23.9 Å². The van der Waals surface area contributed by atoms with Crippen LogP contribution in [0.4, 0.5) is 0 Å². The van der Waals surface area contributed by atoms with E-state index in [4.69, 9.17) is 37.9 Å². The highest BCUT2D eigenvalue weighted by atomic mass is 32.1. The van der Waals surface area contributed by atoms with Crippen molar-refractivity contribution in [3.05, 3.63) is 0 Å². The number of ether oxygens (including phenoxy) is 8. The lowest BCUT2D eigenvalue weighted by molar-refractivity contribution is -0.208. The molecular formula is C32H56O12S. The molecule has 0 saturated carbocycles. The zero-order valence-corrected chi connectivity index (χ0v) is 30.1. The molecule has 0 aromatic heterocycles. The van der Waals surface area contributed by atoms with Gasteiger partial charge in [-0.25, -0.2) is 0 Å². The minimum absolute atomic E-state index is 0.0267. The van der Waals surface area contributed by atoms with Gasteiger partial charge in [-0.1, -0.05) is 0 Å². The quantitative estimate of drug-likeness (QED) is 0.116. The van der Waals surface area contributed by atoms with Crippen molar-refractivity contribution < 1.29 is 57.1 Å². The highest BCUT2D eigenvalue weighted by molar-refractivity contribution is 7.80. The molecule has 1 saturated heterocycles. The summed E-state index contributed by atoms with van der Waals surface area (Å²) in [7, 11) is 0. The molecular weight excluding hydrogens is 608 g/mol. The summed E-state index contributed by atoms with van der Waals surface area (Å²) in [6.45, 7) is 21.1. The van der Waals surface area contributed by atoms with E-state index in [2.05, 4.69) is 12.6 Å². The summed E-state index contributed by atoms with van der Waals surface area (Å²) in [6.07, 6.45) is -6.24. The smallest absolute Gasteiger partial charge is 0.311 e. The molecule has 0 amide bonds. The molecule has 1 rings (SSSR count). The van der Waals surface area contributed by atoms with E-state index in [-0.39, 0.29) is 13.2 Å². The van der Waals surface area contributed by atoms with Crippen LogP contribution in [0.25, 0.3) is 0 Å². The summed E-state index contributed by atoms with van der Waals surface area (Å²) in [5.41, 5.74) is -3.63. The second-order valence-corrected chi connectivity index (χ2v) is 15.5. The van der Waals surface area contributed by atoms with Gasteiger partial charge in [0.15, 0.2) is 24.6 Å². The Kier molecular flexibility index (Phi) is 15.8. The van der Waals surface area contributed by atoms with Crippen molar-refractivity contribution in [1.29, 1.82) is 0 Å². The van der Waals surface area contributed by atoms with Gasteiger partial charge in [0.25, 0.3) is 0 Å². The van der Waals surface area contributed by atoms with Crippen LogP contribution >= 0.6 is 12.6 Å². The van der Waals surface area contributed by atoms with E-state index < -0.39 is 82.8 Å². The van der Waals surface area contributed by atoms with Gasteiger partial charge in [0.2, 0.25) is 0 Å². The van der Waals surface area contributed by atoms with Crippen LogP contribution in [-0.4, -0.2) is 100.0 Å². The van der Waals surface area contributed by atoms with Gasteiger partial charge in [-0.3, -0.25) is 19.2 Å². The second-order valence-electron chi connectivity index (χ2n) is 15.1. The summed E-state index contributed by atoms with van der Waals surface area (Å²) < 4.78 is 46.3. The maximum Gasteiger partial charge on any atom is 0.311 e. The van der Waals surface area contributed by atoms with Crippen LogP contribution in [0, 0.1) is 21.7 Å². The van der Waals surface area contributed by atoms with E-state index in [0.29, 0.717) is 25.6 Å². The van der Waals surface area contributed by atoms with Gasteiger partial charge in [0, 0.05) is 5.75 Å². The van der Waals surface area contributed by atoms with Crippen molar-refractivity contribution in [1.82, 2.24) is 0 Å². The summed E-state index contributed by atoms with van der Waals surface area (Å²) in [5, 5.41) is 0. The van der Waals surface area contributed by atoms with E-state index in [1.54, 1.807) is 83.1 Å². The number of hydrogen-bond donors (Lipinski definition) is 1. The molecule has 1 fully saturated rings. The molecule has 262 valence electrons. The summed E-state index contributed by atoms with van der Waals surface area (Å²) >= 11 is 4.09. The molecule has 1 heterocycles. The molecule has 0 spiro atoms. The Bertz CT molecular complexity index is 971. The van der Waals surface area contributed by atoms with Crippen LogP contribution in [0.15, 0.2) is 0 Å². The number of thiol groups is 1. The van der Waals surface area contributed by atoms with E-state index in [1.165, 1.54) is 0 Å². The highest BCUT2D eigenvalue weighted by Crippen LogP contribution is 2.35. The SMILES string of the molecule is CC(C)(C)C(=O)OC[C@@H](OC(=O)C(C)(C)C)[C@@H]1O[C@@H](OCCOCCOCCS)[C@H](OC(=O)C(C)(C)C)[C@H]1OC(=O)C(C)(C)C. The fourth-order valence-corrected chi connectivity index (χ4v) is 3.57. The zero-order valence-electron chi connectivity index (χ0n) is 29.2. The fourth-order valence-electron chi connectivity index (χ4n) is 3.44. The average Bonchev–Trinajstić information content (AvgIpc) is 3.21.